The Kier molecular flexibility index (Phi) is 6.41. The molecule has 1 aromatic carbocycles. The zero-order valence-electron chi connectivity index (χ0n) is 14.7. The minimum Gasteiger partial charge on any atom is -0.466 e. The van der Waals surface area contributed by atoms with Crippen LogP contribution in [0.2, 0.25) is 5.02 Å². The van der Waals surface area contributed by atoms with Crippen LogP contribution in [0.25, 0.3) is 0 Å². The second kappa shape index (κ2) is 8.53. The summed E-state index contributed by atoms with van der Waals surface area (Å²) in [5, 5.41) is 3.26. The molecule has 1 unspecified atom stereocenters. The van der Waals surface area contributed by atoms with Crippen LogP contribution in [-0.2, 0) is 9.59 Å². The number of halogens is 1. The number of furan rings is 1. The highest BCUT2D eigenvalue weighted by Crippen LogP contribution is 2.19. The molecule has 7 nitrogen and oxygen atoms in total. The number of carbonyl (C=O) groups excluding carboxylic acids is 3. The van der Waals surface area contributed by atoms with E-state index < -0.39 is 17.9 Å². The fourth-order valence-electron chi connectivity index (χ4n) is 2.48. The van der Waals surface area contributed by atoms with Crippen LogP contribution in [0.15, 0.2) is 34.7 Å². The van der Waals surface area contributed by atoms with Gasteiger partial charge in [0.15, 0.2) is 0 Å². The molecule has 0 aliphatic rings. The smallest absolute Gasteiger partial charge is 0.273 e. The molecule has 1 aromatic heterocycles. The molecule has 2 rings (SSSR count). The van der Waals surface area contributed by atoms with E-state index in [9.17, 15) is 14.4 Å². The van der Waals surface area contributed by atoms with Gasteiger partial charge in [0.1, 0.15) is 11.5 Å². The number of amides is 3. The van der Waals surface area contributed by atoms with Gasteiger partial charge in [-0.25, -0.2) is 0 Å². The van der Waals surface area contributed by atoms with E-state index in [2.05, 4.69) is 16.2 Å². The van der Waals surface area contributed by atoms with E-state index in [0.717, 1.165) is 5.56 Å². The van der Waals surface area contributed by atoms with Crippen molar-refractivity contribution in [3.05, 3.63) is 58.0 Å². The van der Waals surface area contributed by atoms with Crippen molar-refractivity contribution in [3.63, 3.8) is 0 Å². The molecular formula is C18H20ClN3O4. The van der Waals surface area contributed by atoms with Crippen LogP contribution in [0.5, 0.6) is 0 Å². The normalized spacial score (nSPS) is 11.5. The highest BCUT2D eigenvalue weighted by molar-refractivity contribution is 6.30. The van der Waals surface area contributed by atoms with Gasteiger partial charge in [-0.15, -0.1) is 0 Å². The SMILES string of the molecule is CC(=O)NC(CC(=O)NNC(=O)c1cc(C)oc1C)c1ccc(Cl)cc1. The maximum absolute atomic E-state index is 12.2. The van der Waals surface area contributed by atoms with Crippen molar-refractivity contribution in [2.75, 3.05) is 0 Å². The lowest BCUT2D eigenvalue weighted by Crippen LogP contribution is -2.43. The fraction of sp³-hybridized carbons (Fsp3) is 0.278. The van der Waals surface area contributed by atoms with Crippen molar-refractivity contribution >= 4 is 29.3 Å². The maximum Gasteiger partial charge on any atom is 0.273 e. The quantitative estimate of drug-likeness (QED) is 0.697. The van der Waals surface area contributed by atoms with Gasteiger partial charge in [0.25, 0.3) is 5.91 Å². The van der Waals surface area contributed by atoms with Gasteiger partial charge < -0.3 is 9.73 Å². The van der Waals surface area contributed by atoms with Crippen LogP contribution in [0.1, 0.15) is 46.8 Å². The number of benzene rings is 1. The van der Waals surface area contributed by atoms with Gasteiger partial charge in [-0.05, 0) is 37.6 Å². The van der Waals surface area contributed by atoms with E-state index in [-0.39, 0.29) is 12.3 Å². The number of aryl methyl sites for hydroxylation is 2. The van der Waals surface area contributed by atoms with Gasteiger partial charge in [0, 0.05) is 11.9 Å². The molecule has 0 aliphatic heterocycles. The molecule has 0 radical (unpaired) electrons. The van der Waals surface area contributed by atoms with Crippen molar-refractivity contribution in [3.8, 4) is 0 Å². The van der Waals surface area contributed by atoms with Crippen LogP contribution in [0.3, 0.4) is 0 Å². The minimum absolute atomic E-state index is 0.0507. The molecule has 138 valence electrons. The summed E-state index contributed by atoms with van der Waals surface area (Å²) in [5.41, 5.74) is 5.76. The van der Waals surface area contributed by atoms with E-state index in [1.807, 2.05) is 0 Å². The molecule has 26 heavy (non-hydrogen) atoms. The van der Waals surface area contributed by atoms with E-state index in [0.29, 0.717) is 22.1 Å². The van der Waals surface area contributed by atoms with E-state index in [1.165, 1.54) is 6.92 Å². The third-order valence-electron chi connectivity index (χ3n) is 3.64. The average molecular weight is 378 g/mol. The van der Waals surface area contributed by atoms with Gasteiger partial charge in [0.05, 0.1) is 18.0 Å². The highest BCUT2D eigenvalue weighted by atomic mass is 35.5. The van der Waals surface area contributed by atoms with Crippen LogP contribution in [0.4, 0.5) is 0 Å². The predicted octanol–water partition coefficient (Wildman–Crippen LogP) is 2.58. The molecule has 0 aliphatic carbocycles. The van der Waals surface area contributed by atoms with Crippen LogP contribution in [0, 0.1) is 13.8 Å². The molecule has 2 aromatic rings. The molecule has 0 fully saturated rings. The largest absolute Gasteiger partial charge is 0.466 e. The summed E-state index contributed by atoms with van der Waals surface area (Å²) in [6.45, 7) is 4.76. The molecule has 0 spiro atoms. The molecule has 0 saturated carbocycles. The minimum atomic E-state index is -0.542. The first-order chi connectivity index (χ1) is 12.3. The molecule has 0 saturated heterocycles. The molecule has 3 amide bonds. The lowest BCUT2D eigenvalue weighted by atomic mass is 10.0. The summed E-state index contributed by atoms with van der Waals surface area (Å²) in [6, 6.07) is 7.86. The summed E-state index contributed by atoms with van der Waals surface area (Å²) in [7, 11) is 0. The second-order valence-electron chi connectivity index (χ2n) is 5.84. The summed E-state index contributed by atoms with van der Waals surface area (Å²) in [4.78, 5) is 35.7. The predicted molar refractivity (Wildman–Crippen MR) is 96.4 cm³/mol. The topological polar surface area (TPSA) is 100 Å². The number of rotatable bonds is 5. The Labute approximate surface area is 156 Å². The Balaban J connectivity index is 1.98. The fourth-order valence-corrected chi connectivity index (χ4v) is 2.61. The Morgan fingerprint density at radius 2 is 1.77 bits per heavy atom. The Bertz CT molecular complexity index is 814. The van der Waals surface area contributed by atoms with Crippen molar-refractivity contribution in [1.29, 1.82) is 0 Å². The van der Waals surface area contributed by atoms with Crippen LogP contribution < -0.4 is 16.2 Å². The number of nitrogens with one attached hydrogen (secondary N) is 3. The summed E-state index contributed by atoms with van der Waals surface area (Å²) in [5.74, 6) is -0.134. The first-order valence-electron chi connectivity index (χ1n) is 7.95. The first kappa shape index (κ1) is 19.5. The summed E-state index contributed by atoms with van der Waals surface area (Å²) in [6.07, 6.45) is -0.0507. The molecule has 1 atom stereocenters. The van der Waals surface area contributed by atoms with E-state index in [1.54, 1.807) is 44.2 Å². The number of hydrazine groups is 1. The molecule has 3 N–H and O–H groups in total. The van der Waals surface area contributed by atoms with Gasteiger partial charge in [-0.1, -0.05) is 23.7 Å². The van der Waals surface area contributed by atoms with Crippen molar-refractivity contribution in [2.24, 2.45) is 0 Å². The van der Waals surface area contributed by atoms with Crippen molar-refractivity contribution < 1.29 is 18.8 Å². The standard InChI is InChI=1S/C18H20ClN3O4/c1-10-8-15(11(2)26-10)18(25)22-21-17(24)9-16(20-12(3)23)13-4-6-14(19)7-5-13/h4-8,16H,9H2,1-3H3,(H,20,23)(H,21,24)(H,22,25). The number of hydrogen-bond acceptors (Lipinski definition) is 4. The van der Waals surface area contributed by atoms with Gasteiger partial charge in [-0.3, -0.25) is 25.2 Å². The number of hydrogen-bond donors (Lipinski definition) is 3. The molecular weight excluding hydrogens is 358 g/mol. The zero-order chi connectivity index (χ0) is 19.3. The van der Waals surface area contributed by atoms with Gasteiger partial charge in [0.2, 0.25) is 11.8 Å². The molecule has 0 bridgehead atoms. The summed E-state index contributed by atoms with van der Waals surface area (Å²) >= 11 is 5.86. The molecule has 8 heteroatoms. The Morgan fingerprint density at radius 1 is 1.12 bits per heavy atom. The zero-order valence-corrected chi connectivity index (χ0v) is 15.4. The average Bonchev–Trinajstić information content (AvgIpc) is 2.91. The third-order valence-corrected chi connectivity index (χ3v) is 3.89. The third kappa shape index (κ3) is 5.35. The monoisotopic (exact) mass is 377 g/mol. The Hall–Kier alpha value is -2.80. The van der Waals surface area contributed by atoms with Crippen LogP contribution >= 0.6 is 11.6 Å². The van der Waals surface area contributed by atoms with Gasteiger partial charge in [-0.2, -0.15) is 0 Å². The summed E-state index contributed by atoms with van der Waals surface area (Å²) < 4.78 is 5.29. The Morgan fingerprint density at radius 3 is 2.31 bits per heavy atom. The van der Waals surface area contributed by atoms with E-state index in [4.69, 9.17) is 16.0 Å². The highest BCUT2D eigenvalue weighted by Gasteiger charge is 2.19. The van der Waals surface area contributed by atoms with Crippen molar-refractivity contribution in [1.82, 2.24) is 16.2 Å². The lowest BCUT2D eigenvalue weighted by molar-refractivity contribution is -0.123. The van der Waals surface area contributed by atoms with E-state index >= 15 is 0 Å². The van der Waals surface area contributed by atoms with Gasteiger partial charge >= 0.3 is 0 Å². The molecule has 1 heterocycles. The first-order valence-corrected chi connectivity index (χ1v) is 8.33. The maximum atomic E-state index is 12.2. The lowest BCUT2D eigenvalue weighted by Gasteiger charge is -2.18. The second-order valence-corrected chi connectivity index (χ2v) is 6.27. The number of carbonyl (C=O) groups is 3. The van der Waals surface area contributed by atoms with Crippen molar-refractivity contribution in [2.45, 2.75) is 33.2 Å². The van der Waals surface area contributed by atoms with Crippen LogP contribution in [-0.4, -0.2) is 17.7 Å².